The fourth-order valence-corrected chi connectivity index (χ4v) is 1.89. The molecule has 0 bridgehead atoms. The molecule has 0 saturated heterocycles. The zero-order valence-electron chi connectivity index (χ0n) is 11.5. The van der Waals surface area contributed by atoms with Crippen molar-refractivity contribution in [1.29, 1.82) is 0 Å². The molecule has 100 valence electrons. The largest absolute Gasteiger partial charge is 0.493 e. The van der Waals surface area contributed by atoms with Crippen molar-refractivity contribution < 1.29 is 9.53 Å². The van der Waals surface area contributed by atoms with Crippen molar-refractivity contribution in [2.45, 2.75) is 26.8 Å². The fraction of sp³-hybridized carbons (Fsp3) is 0.357. The van der Waals surface area contributed by atoms with Crippen LogP contribution in [-0.2, 0) is 0 Å². The molecule has 0 spiro atoms. The van der Waals surface area contributed by atoms with E-state index < -0.39 is 0 Å². The standard InChI is InChI=1S/C14H17N3O2/c1-9(2)17-13(12(19-4)8-15-17)14(18)11-7-5-6-10(3)16-11/h5-9H,1-4H3. The van der Waals surface area contributed by atoms with Gasteiger partial charge in [-0.05, 0) is 32.9 Å². The Balaban J connectivity index is 2.51. The summed E-state index contributed by atoms with van der Waals surface area (Å²) in [5, 5.41) is 4.20. The van der Waals surface area contributed by atoms with E-state index in [1.54, 1.807) is 16.9 Å². The van der Waals surface area contributed by atoms with Crippen LogP contribution in [0.15, 0.2) is 24.4 Å². The molecule has 5 nitrogen and oxygen atoms in total. The Morgan fingerprint density at radius 3 is 2.68 bits per heavy atom. The van der Waals surface area contributed by atoms with Gasteiger partial charge in [0.05, 0.1) is 13.3 Å². The second-order valence-electron chi connectivity index (χ2n) is 4.59. The van der Waals surface area contributed by atoms with E-state index in [0.717, 1.165) is 5.69 Å². The number of carbonyl (C=O) groups is 1. The van der Waals surface area contributed by atoms with Gasteiger partial charge in [0.15, 0.2) is 11.4 Å². The van der Waals surface area contributed by atoms with Crippen LogP contribution < -0.4 is 4.74 Å². The van der Waals surface area contributed by atoms with Gasteiger partial charge in [0.25, 0.3) is 0 Å². The van der Waals surface area contributed by atoms with E-state index in [0.29, 0.717) is 17.1 Å². The minimum absolute atomic E-state index is 0.0765. The smallest absolute Gasteiger partial charge is 0.233 e. The lowest BCUT2D eigenvalue weighted by Crippen LogP contribution is -2.15. The van der Waals surface area contributed by atoms with E-state index in [9.17, 15) is 4.79 Å². The molecule has 0 radical (unpaired) electrons. The first-order chi connectivity index (χ1) is 9.04. The van der Waals surface area contributed by atoms with Crippen LogP contribution in [0.5, 0.6) is 5.75 Å². The number of aryl methyl sites for hydroxylation is 1. The number of ketones is 1. The SMILES string of the molecule is COc1cnn(C(C)C)c1C(=O)c1cccc(C)n1. The Morgan fingerprint density at radius 1 is 1.37 bits per heavy atom. The van der Waals surface area contributed by atoms with Crippen molar-refractivity contribution in [3.63, 3.8) is 0 Å². The summed E-state index contributed by atoms with van der Waals surface area (Å²) >= 11 is 0. The maximum Gasteiger partial charge on any atom is 0.233 e. The summed E-state index contributed by atoms with van der Waals surface area (Å²) in [5.74, 6) is 0.300. The van der Waals surface area contributed by atoms with Crippen molar-refractivity contribution in [3.8, 4) is 5.75 Å². The quantitative estimate of drug-likeness (QED) is 0.791. The van der Waals surface area contributed by atoms with Gasteiger partial charge in [-0.15, -0.1) is 0 Å². The number of hydrogen-bond acceptors (Lipinski definition) is 4. The second kappa shape index (κ2) is 5.22. The van der Waals surface area contributed by atoms with Gasteiger partial charge >= 0.3 is 0 Å². The zero-order chi connectivity index (χ0) is 14.0. The highest BCUT2D eigenvalue weighted by Crippen LogP contribution is 2.23. The molecule has 5 heteroatoms. The number of pyridine rings is 1. The summed E-state index contributed by atoms with van der Waals surface area (Å²) in [6.07, 6.45) is 1.56. The highest BCUT2D eigenvalue weighted by molar-refractivity contribution is 6.08. The lowest BCUT2D eigenvalue weighted by molar-refractivity contribution is 0.101. The van der Waals surface area contributed by atoms with E-state index in [2.05, 4.69) is 10.1 Å². The molecular weight excluding hydrogens is 242 g/mol. The molecule has 2 rings (SSSR count). The first-order valence-corrected chi connectivity index (χ1v) is 6.14. The minimum Gasteiger partial charge on any atom is -0.493 e. The van der Waals surface area contributed by atoms with E-state index >= 15 is 0 Å². The summed E-state index contributed by atoms with van der Waals surface area (Å²) < 4.78 is 6.87. The number of ether oxygens (including phenoxy) is 1. The third-order valence-corrected chi connectivity index (χ3v) is 2.81. The van der Waals surface area contributed by atoms with Crippen molar-refractivity contribution in [1.82, 2.24) is 14.8 Å². The summed E-state index contributed by atoms with van der Waals surface area (Å²) in [4.78, 5) is 16.8. The second-order valence-corrected chi connectivity index (χ2v) is 4.59. The fourth-order valence-electron chi connectivity index (χ4n) is 1.89. The Kier molecular flexibility index (Phi) is 3.64. The van der Waals surface area contributed by atoms with Gasteiger partial charge in [0.2, 0.25) is 5.78 Å². The minimum atomic E-state index is -0.174. The van der Waals surface area contributed by atoms with Crippen molar-refractivity contribution in [2.75, 3.05) is 7.11 Å². The molecule has 2 heterocycles. The molecule has 0 unspecified atom stereocenters. The van der Waals surface area contributed by atoms with Crippen LogP contribution in [0.2, 0.25) is 0 Å². The number of carbonyl (C=O) groups excluding carboxylic acids is 1. The normalized spacial score (nSPS) is 10.8. The number of aromatic nitrogens is 3. The molecular formula is C14H17N3O2. The lowest BCUT2D eigenvalue weighted by Gasteiger charge is -2.11. The number of rotatable bonds is 4. The van der Waals surface area contributed by atoms with E-state index in [1.807, 2.05) is 32.9 Å². The van der Waals surface area contributed by atoms with Gasteiger partial charge in [0, 0.05) is 11.7 Å². The first-order valence-electron chi connectivity index (χ1n) is 6.14. The lowest BCUT2D eigenvalue weighted by atomic mass is 10.1. The highest BCUT2D eigenvalue weighted by atomic mass is 16.5. The molecule has 0 fully saturated rings. The van der Waals surface area contributed by atoms with Crippen LogP contribution in [0, 0.1) is 6.92 Å². The molecule has 0 N–H and O–H groups in total. The van der Waals surface area contributed by atoms with Gasteiger partial charge < -0.3 is 4.74 Å². The monoisotopic (exact) mass is 259 g/mol. The predicted octanol–water partition coefficient (Wildman–Crippen LogP) is 2.41. The average molecular weight is 259 g/mol. The maximum absolute atomic E-state index is 12.6. The summed E-state index contributed by atoms with van der Waals surface area (Å²) in [6.45, 7) is 5.79. The first kappa shape index (κ1) is 13.3. The van der Waals surface area contributed by atoms with Gasteiger partial charge in [-0.2, -0.15) is 5.10 Å². The number of methoxy groups -OCH3 is 1. The van der Waals surface area contributed by atoms with Crippen molar-refractivity contribution in [2.24, 2.45) is 0 Å². The molecule has 0 aliphatic rings. The van der Waals surface area contributed by atoms with E-state index in [4.69, 9.17) is 4.74 Å². The van der Waals surface area contributed by atoms with Gasteiger partial charge in [-0.3, -0.25) is 9.48 Å². The van der Waals surface area contributed by atoms with Crippen molar-refractivity contribution >= 4 is 5.78 Å². The molecule has 0 aliphatic carbocycles. The van der Waals surface area contributed by atoms with E-state index in [1.165, 1.54) is 7.11 Å². The van der Waals surface area contributed by atoms with Gasteiger partial charge in [0.1, 0.15) is 5.69 Å². The zero-order valence-corrected chi connectivity index (χ0v) is 11.5. The molecule has 2 aromatic heterocycles. The Bertz CT molecular complexity index is 602. The Morgan fingerprint density at radius 2 is 2.11 bits per heavy atom. The Hall–Kier alpha value is -2.17. The topological polar surface area (TPSA) is 57.0 Å². The molecule has 0 atom stereocenters. The van der Waals surface area contributed by atoms with Crippen LogP contribution in [-0.4, -0.2) is 27.7 Å². The molecule has 2 aromatic rings. The maximum atomic E-state index is 12.6. The van der Waals surface area contributed by atoms with Crippen LogP contribution in [0.3, 0.4) is 0 Å². The summed E-state index contributed by atoms with van der Waals surface area (Å²) in [5.41, 5.74) is 1.65. The molecule has 19 heavy (non-hydrogen) atoms. The van der Waals surface area contributed by atoms with Crippen LogP contribution in [0.4, 0.5) is 0 Å². The summed E-state index contributed by atoms with van der Waals surface area (Å²) in [6, 6.07) is 5.45. The molecule has 0 aromatic carbocycles. The third kappa shape index (κ3) is 2.50. The molecule has 0 amide bonds. The van der Waals surface area contributed by atoms with Crippen LogP contribution in [0.1, 0.15) is 41.8 Å². The van der Waals surface area contributed by atoms with Gasteiger partial charge in [-0.1, -0.05) is 6.07 Å². The number of nitrogens with zero attached hydrogens (tertiary/aromatic N) is 3. The van der Waals surface area contributed by atoms with Crippen molar-refractivity contribution in [3.05, 3.63) is 41.5 Å². The third-order valence-electron chi connectivity index (χ3n) is 2.81. The van der Waals surface area contributed by atoms with E-state index in [-0.39, 0.29) is 11.8 Å². The van der Waals surface area contributed by atoms with Crippen LogP contribution in [0.25, 0.3) is 0 Å². The predicted molar refractivity (Wildman–Crippen MR) is 71.6 cm³/mol. The van der Waals surface area contributed by atoms with Crippen LogP contribution >= 0.6 is 0 Å². The summed E-state index contributed by atoms with van der Waals surface area (Å²) in [7, 11) is 1.53. The highest BCUT2D eigenvalue weighted by Gasteiger charge is 2.23. The molecule has 0 saturated carbocycles. The molecule has 0 aliphatic heterocycles. The number of hydrogen-bond donors (Lipinski definition) is 0. The van der Waals surface area contributed by atoms with Gasteiger partial charge in [-0.25, -0.2) is 4.98 Å². The Labute approximate surface area is 112 Å². The average Bonchev–Trinajstić information content (AvgIpc) is 2.81.